The molecule has 32 heavy (non-hydrogen) atoms. The number of sulfonamides is 1. The van der Waals surface area contributed by atoms with E-state index in [-0.39, 0.29) is 41.8 Å². The van der Waals surface area contributed by atoms with Crippen molar-refractivity contribution in [3.63, 3.8) is 0 Å². The molecule has 7 nitrogen and oxygen atoms in total. The molecule has 2 fully saturated rings. The van der Waals surface area contributed by atoms with Gasteiger partial charge in [-0.15, -0.1) is 0 Å². The highest BCUT2D eigenvalue weighted by molar-refractivity contribution is 7.89. The van der Waals surface area contributed by atoms with Gasteiger partial charge in [0, 0.05) is 37.3 Å². The molecule has 4 rings (SSSR count). The van der Waals surface area contributed by atoms with Crippen molar-refractivity contribution in [2.75, 3.05) is 23.3 Å². The molecule has 1 aliphatic heterocycles. The van der Waals surface area contributed by atoms with Crippen molar-refractivity contribution in [1.82, 2.24) is 4.98 Å². The SMILES string of the molecule is NS(=O)(=O)c1cccc(NC(=O)c2cc(C(F)(F)F)cnc2N2C[C@@H]3CC(F)(F)[C@@H]3C2)c1. The first kappa shape index (κ1) is 22.4. The number of aromatic nitrogens is 1. The molecule has 172 valence electrons. The van der Waals surface area contributed by atoms with Crippen LogP contribution in [0.1, 0.15) is 22.3 Å². The standard InChI is InChI=1S/C19H17F5N4O3S/c20-18(21)6-10-8-28(9-15(10)18)16-14(4-11(7-26-16)19(22,23)24)17(29)27-12-2-1-3-13(5-12)32(25,30)31/h1-5,7,10,15H,6,8-9H2,(H,27,29)(H2,25,30,31)/t10-,15+/m0/s1. The molecule has 2 atom stereocenters. The van der Waals surface area contributed by atoms with E-state index in [1.165, 1.54) is 23.1 Å². The van der Waals surface area contributed by atoms with Gasteiger partial charge < -0.3 is 10.2 Å². The molecule has 1 saturated heterocycles. The van der Waals surface area contributed by atoms with Crippen LogP contribution in [0, 0.1) is 11.8 Å². The van der Waals surface area contributed by atoms with Crippen molar-refractivity contribution in [3.8, 4) is 0 Å². The van der Waals surface area contributed by atoms with Crippen molar-refractivity contribution >= 4 is 27.4 Å². The van der Waals surface area contributed by atoms with Crippen LogP contribution >= 0.6 is 0 Å². The zero-order chi connectivity index (χ0) is 23.5. The van der Waals surface area contributed by atoms with Gasteiger partial charge in [-0.1, -0.05) is 6.07 Å². The second kappa shape index (κ2) is 7.37. The van der Waals surface area contributed by atoms with E-state index in [0.29, 0.717) is 12.3 Å². The van der Waals surface area contributed by atoms with E-state index in [1.807, 2.05) is 0 Å². The predicted molar refractivity (Wildman–Crippen MR) is 104 cm³/mol. The van der Waals surface area contributed by atoms with Crippen LogP contribution in [0.2, 0.25) is 0 Å². The largest absolute Gasteiger partial charge is 0.417 e. The minimum absolute atomic E-state index is 0.0297. The van der Waals surface area contributed by atoms with Gasteiger partial charge in [0.15, 0.2) is 0 Å². The lowest BCUT2D eigenvalue weighted by Crippen LogP contribution is -2.46. The number of nitrogens with two attached hydrogens (primary N) is 1. The zero-order valence-corrected chi connectivity index (χ0v) is 17.1. The molecule has 1 aliphatic carbocycles. The molecule has 0 bridgehead atoms. The predicted octanol–water partition coefficient (Wildman–Crippen LogP) is 3.09. The fourth-order valence-electron chi connectivity index (χ4n) is 4.05. The van der Waals surface area contributed by atoms with Crippen LogP contribution in [0.3, 0.4) is 0 Å². The lowest BCUT2D eigenvalue weighted by atomic mass is 9.72. The number of amides is 1. The van der Waals surface area contributed by atoms with Crippen molar-refractivity contribution in [3.05, 3.63) is 47.7 Å². The highest BCUT2D eigenvalue weighted by atomic mass is 32.2. The van der Waals surface area contributed by atoms with Crippen LogP contribution in [-0.2, 0) is 16.2 Å². The lowest BCUT2D eigenvalue weighted by molar-refractivity contribution is -0.152. The quantitative estimate of drug-likeness (QED) is 0.660. The van der Waals surface area contributed by atoms with E-state index in [0.717, 1.165) is 6.07 Å². The molecule has 1 saturated carbocycles. The minimum atomic E-state index is -4.79. The number of halogens is 5. The third kappa shape index (κ3) is 4.13. The van der Waals surface area contributed by atoms with Crippen LogP contribution in [0.25, 0.3) is 0 Å². The Bertz CT molecular complexity index is 1190. The molecule has 1 aromatic carbocycles. The molecule has 1 amide bonds. The number of primary sulfonamides is 1. The molecule has 0 unspecified atom stereocenters. The van der Waals surface area contributed by atoms with Crippen LogP contribution in [-0.4, -0.2) is 38.3 Å². The summed E-state index contributed by atoms with van der Waals surface area (Å²) in [4.78, 5) is 17.7. The number of hydrogen-bond donors (Lipinski definition) is 2. The lowest BCUT2D eigenvalue weighted by Gasteiger charge is -2.38. The fourth-order valence-corrected chi connectivity index (χ4v) is 4.61. The maximum Gasteiger partial charge on any atom is 0.417 e. The third-order valence-electron chi connectivity index (χ3n) is 5.68. The first-order valence-electron chi connectivity index (χ1n) is 9.40. The van der Waals surface area contributed by atoms with Gasteiger partial charge in [0.25, 0.3) is 11.8 Å². The average Bonchev–Trinajstić information content (AvgIpc) is 3.05. The van der Waals surface area contributed by atoms with Gasteiger partial charge in [0.1, 0.15) is 5.82 Å². The summed E-state index contributed by atoms with van der Waals surface area (Å²) in [5, 5.41) is 7.38. The average molecular weight is 476 g/mol. The molecule has 2 aromatic rings. The van der Waals surface area contributed by atoms with E-state index < -0.39 is 45.1 Å². The Kier molecular flexibility index (Phi) is 5.16. The van der Waals surface area contributed by atoms with Crippen LogP contribution in [0.4, 0.5) is 33.5 Å². The number of carbonyl (C=O) groups is 1. The topological polar surface area (TPSA) is 105 Å². The Balaban J connectivity index is 1.68. The van der Waals surface area contributed by atoms with Gasteiger partial charge in [0.05, 0.1) is 16.0 Å². The molecule has 2 heterocycles. The first-order valence-corrected chi connectivity index (χ1v) is 10.9. The summed E-state index contributed by atoms with van der Waals surface area (Å²) in [7, 11) is -4.08. The third-order valence-corrected chi connectivity index (χ3v) is 6.59. The molecule has 3 N–H and O–H groups in total. The van der Waals surface area contributed by atoms with Gasteiger partial charge in [0.2, 0.25) is 10.0 Å². The monoisotopic (exact) mass is 476 g/mol. The van der Waals surface area contributed by atoms with Gasteiger partial charge in [-0.05, 0) is 30.2 Å². The summed E-state index contributed by atoms with van der Waals surface area (Å²) in [6.07, 6.45) is -4.56. The highest BCUT2D eigenvalue weighted by Crippen LogP contribution is 2.53. The van der Waals surface area contributed by atoms with Gasteiger partial charge in [-0.25, -0.2) is 27.3 Å². The number of pyridine rings is 1. The normalized spacial score (nSPS) is 22.2. The second-order valence-electron chi connectivity index (χ2n) is 7.86. The summed E-state index contributed by atoms with van der Waals surface area (Å²) < 4.78 is 90.2. The maximum absolute atomic E-state index is 13.7. The second-order valence-corrected chi connectivity index (χ2v) is 9.42. The number of fused-ring (bicyclic) bond motifs is 1. The molecular weight excluding hydrogens is 459 g/mol. The molecule has 0 radical (unpaired) electrons. The van der Waals surface area contributed by atoms with Crippen molar-refractivity contribution in [1.29, 1.82) is 0 Å². The molecule has 1 aromatic heterocycles. The molecule has 2 aliphatic rings. The summed E-state index contributed by atoms with van der Waals surface area (Å²) in [6, 6.07) is 5.44. The zero-order valence-electron chi connectivity index (χ0n) is 16.2. The smallest absolute Gasteiger partial charge is 0.355 e. The first-order chi connectivity index (χ1) is 14.8. The van der Waals surface area contributed by atoms with Gasteiger partial charge in [-0.2, -0.15) is 13.2 Å². The number of nitrogens with zero attached hydrogens (tertiary/aromatic N) is 2. The molecule has 0 spiro atoms. The van der Waals surface area contributed by atoms with Crippen molar-refractivity contribution in [2.45, 2.75) is 23.4 Å². The summed E-state index contributed by atoms with van der Waals surface area (Å²) in [5.41, 5.74) is -1.68. The summed E-state index contributed by atoms with van der Waals surface area (Å²) >= 11 is 0. The Morgan fingerprint density at radius 1 is 1.22 bits per heavy atom. The number of anilines is 2. The van der Waals surface area contributed by atoms with E-state index in [9.17, 15) is 35.2 Å². The van der Waals surface area contributed by atoms with Crippen molar-refractivity contribution < 1.29 is 35.2 Å². The van der Waals surface area contributed by atoms with Crippen LogP contribution < -0.4 is 15.4 Å². The van der Waals surface area contributed by atoms with Gasteiger partial charge >= 0.3 is 6.18 Å². The number of carbonyl (C=O) groups excluding carboxylic acids is 1. The Morgan fingerprint density at radius 2 is 1.94 bits per heavy atom. The minimum Gasteiger partial charge on any atom is -0.355 e. The summed E-state index contributed by atoms with van der Waals surface area (Å²) in [6.45, 7) is -0.00296. The number of rotatable bonds is 4. The van der Waals surface area contributed by atoms with Gasteiger partial charge in [-0.3, -0.25) is 4.79 Å². The van der Waals surface area contributed by atoms with E-state index >= 15 is 0 Å². The highest BCUT2D eigenvalue weighted by Gasteiger charge is 2.60. The molecule has 13 heteroatoms. The maximum atomic E-state index is 13.7. The summed E-state index contributed by atoms with van der Waals surface area (Å²) in [5.74, 6) is -5.30. The van der Waals surface area contributed by atoms with Crippen LogP contribution in [0.15, 0.2) is 41.4 Å². The van der Waals surface area contributed by atoms with E-state index in [2.05, 4.69) is 10.3 Å². The van der Waals surface area contributed by atoms with Crippen molar-refractivity contribution in [2.24, 2.45) is 17.0 Å². The van der Waals surface area contributed by atoms with Crippen LogP contribution in [0.5, 0.6) is 0 Å². The Hall–Kier alpha value is -2.80. The number of hydrogen-bond acceptors (Lipinski definition) is 5. The Labute approximate surface area is 179 Å². The van der Waals surface area contributed by atoms with E-state index in [4.69, 9.17) is 5.14 Å². The number of benzene rings is 1. The number of alkyl halides is 5. The Morgan fingerprint density at radius 3 is 2.53 bits per heavy atom. The number of nitrogens with one attached hydrogen (secondary N) is 1. The fraction of sp³-hybridized carbons (Fsp3) is 0.368. The molecular formula is C19H17F5N4O3S. The van der Waals surface area contributed by atoms with E-state index in [1.54, 1.807) is 0 Å².